The molecule has 2 aliphatic heterocycles. The van der Waals surface area contributed by atoms with Crippen molar-refractivity contribution in [3.05, 3.63) is 46.8 Å². The highest BCUT2D eigenvalue weighted by Crippen LogP contribution is 2.29. The van der Waals surface area contributed by atoms with Gasteiger partial charge >= 0.3 is 0 Å². The molecule has 1 atom stereocenters. The molecule has 9 heteroatoms. The van der Waals surface area contributed by atoms with Crippen molar-refractivity contribution in [2.75, 3.05) is 44.8 Å². The average Bonchev–Trinajstić information content (AvgIpc) is 3.15. The summed E-state index contributed by atoms with van der Waals surface area (Å²) in [7, 11) is 0. The average molecular weight is 454 g/mol. The molecule has 3 heterocycles. The van der Waals surface area contributed by atoms with Crippen LogP contribution in [0.3, 0.4) is 0 Å². The fraction of sp³-hybridized carbons (Fsp3) is 0.458. The summed E-state index contributed by atoms with van der Waals surface area (Å²) in [6.45, 7) is 7.73. The number of carbonyl (C=O) groups excluding carboxylic acids is 2. The minimum Gasteiger partial charge on any atom is -0.379 e. The third kappa shape index (κ3) is 5.26. The molecule has 0 spiro atoms. The molecular weight excluding hydrogens is 422 g/mol. The van der Waals surface area contributed by atoms with E-state index in [0.717, 1.165) is 47.8 Å². The summed E-state index contributed by atoms with van der Waals surface area (Å²) >= 11 is 0. The van der Waals surface area contributed by atoms with Crippen LogP contribution in [-0.4, -0.2) is 66.5 Å². The predicted octanol–water partition coefficient (Wildman–Crippen LogP) is 2.78. The quantitative estimate of drug-likeness (QED) is 0.626. The van der Waals surface area contributed by atoms with Gasteiger partial charge in [0.2, 0.25) is 6.41 Å². The first kappa shape index (κ1) is 23.0. The lowest BCUT2D eigenvalue weighted by Gasteiger charge is -2.27. The molecule has 2 N–H and O–H groups in total. The number of nitrogens with one attached hydrogen (secondary N) is 2. The second kappa shape index (κ2) is 10.6. The Morgan fingerprint density at radius 1 is 1.18 bits per heavy atom. The molecule has 2 amide bonds. The molecule has 0 aliphatic carbocycles. The van der Waals surface area contributed by atoms with Gasteiger partial charge in [-0.15, -0.1) is 0 Å². The molecular formula is C24H31N5O4. The highest BCUT2D eigenvalue weighted by atomic mass is 16.5. The molecule has 33 heavy (non-hydrogen) atoms. The van der Waals surface area contributed by atoms with Crippen LogP contribution in [-0.2, 0) is 14.3 Å². The van der Waals surface area contributed by atoms with E-state index in [9.17, 15) is 9.59 Å². The first-order valence-corrected chi connectivity index (χ1v) is 11.4. The van der Waals surface area contributed by atoms with Gasteiger partial charge in [0.1, 0.15) is 0 Å². The second-order valence-electron chi connectivity index (χ2n) is 8.35. The second-order valence-corrected chi connectivity index (χ2v) is 8.35. The van der Waals surface area contributed by atoms with Crippen LogP contribution in [0.15, 0.2) is 24.4 Å². The van der Waals surface area contributed by atoms with Crippen LogP contribution in [0.5, 0.6) is 0 Å². The normalized spacial score (nSPS) is 19.0. The van der Waals surface area contributed by atoms with Crippen LogP contribution < -0.4 is 10.6 Å². The highest BCUT2D eigenvalue weighted by molar-refractivity contribution is 5.96. The lowest BCUT2D eigenvalue weighted by Crippen LogP contribution is -2.40. The van der Waals surface area contributed by atoms with E-state index in [4.69, 9.17) is 14.6 Å². The third-order valence-electron chi connectivity index (χ3n) is 6.10. The number of amides is 2. The maximum Gasteiger partial charge on any atom is 0.254 e. The van der Waals surface area contributed by atoms with Crippen molar-refractivity contribution in [2.24, 2.45) is 0 Å². The zero-order chi connectivity index (χ0) is 23.2. The van der Waals surface area contributed by atoms with Crippen LogP contribution in [0.1, 0.15) is 46.1 Å². The first-order chi connectivity index (χ1) is 16.1. The van der Waals surface area contributed by atoms with Crippen molar-refractivity contribution >= 4 is 29.9 Å². The molecule has 1 aromatic heterocycles. The van der Waals surface area contributed by atoms with Crippen LogP contribution >= 0.6 is 0 Å². The van der Waals surface area contributed by atoms with Gasteiger partial charge in [0.05, 0.1) is 31.6 Å². The molecule has 2 fully saturated rings. The van der Waals surface area contributed by atoms with E-state index >= 15 is 0 Å². The number of aryl methyl sites for hydroxylation is 1. The topological polar surface area (TPSA) is 97.7 Å². The maximum absolute atomic E-state index is 12.9. The zero-order valence-electron chi connectivity index (χ0n) is 19.2. The van der Waals surface area contributed by atoms with Crippen molar-refractivity contribution < 1.29 is 19.1 Å². The molecule has 176 valence electrons. The molecule has 2 saturated heterocycles. The number of ether oxygens (including phenoxy) is 2. The molecule has 0 saturated carbocycles. The van der Waals surface area contributed by atoms with Gasteiger partial charge in [0.25, 0.3) is 5.91 Å². The van der Waals surface area contributed by atoms with Crippen molar-refractivity contribution in [1.29, 1.82) is 0 Å². The van der Waals surface area contributed by atoms with Gasteiger partial charge in [-0.1, -0.05) is 0 Å². The number of hydrogen-bond acceptors (Lipinski definition) is 6. The van der Waals surface area contributed by atoms with Crippen molar-refractivity contribution in [1.82, 2.24) is 20.0 Å². The molecule has 0 unspecified atom stereocenters. The Morgan fingerprint density at radius 2 is 2.00 bits per heavy atom. The summed E-state index contributed by atoms with van der Waals surface area (Å²) in [4.78, 5) is 25.4. The lowest BCUT2D eigenvalue weighted by molar-refractivity contribution is -0.108. The van der Waals surface area contributed by atoms with Crippen LogP contribution in [0.4, 0.5) is 11.5 Å². The number of morpholine rings is 1. The Kier molecular flexibility index (Phi) is 7.41. The molecule has 9 nitrogen and oxygen atoms in total. The van der Waals surface area contributed by atoms with E-state index in [1.807, 2.05) is 47.7 Å². The molecule has 1 aromatic carbocycles. The standard InChI is InChI=1S/C24H31N5O4/c1-17-14-19(5-6-21(17)24(31)28-9-12-32-13-10-28)26-23-18(2)22(7-8-25-16-30)29(27-23)20-4-3-11-33-15-20/h5-8,14,16,20H,3-4,9-13,15H2,1-2H3,(H,25,30)(H,26,27)/b8-7-/t20-/m1/s1. The molecule has 4 rings (SSSR count). The number of benzene rings is 1. The number of rotatable bonds is 7. The van der Waals surface area contributed by atoms with Gasteiger partial charge in [0, 0.05) is 42.7 Å². The Labute approximate surface area is 193 Å². The monoisotopic (exact) mass is 453 g/mol. The fourth-order valence-corrected chi connectivity index (χ4v) is 4.27. The van der Waals surface area contributed by atoms with Gasteiger partial charge in [-0.05, 0) is 56.5 Å². The van der Waals surface area contributed by atoms with E-state index < -0.39 is 0 Å². The SMILES string of the molecule is Cc1cc(Nc2nn([C@@H]3CCCOC3)c(/C=C\NC=O)c2C)ccc1C(=O)N1CCOCC1. The third-order valence-corrected chi connectivity index (χ3v) is 6.10. The summed E-state index contributed by atoms with van der Waals surface area (Å²) < 4.78 is 13.0. The number of aromatic nitrogens is 2. The minimum atomic E-state index is 0.0372. The Morgan fingerprint density at radius 3 is 2.70 bits per heavy atom. The Balaban J connectivity index is 1.57. The van der Waals surface area contributed by atoms with Gasteiger partial charge < -0.3 is 25.0 Å². The maximum atomic E-state index is 12.9. The van der Waals surface area contributed by atoms with Gasteiger partial charge in [0.15, 0.2) is 5.82 Å². The zero-order valence-corrected chi connectivity index (χ0v) is 19.2. The van der Waals surface area contributed by atoms with E-state index in [0.29, 0.717) is 44.9 Å². The predicted molar refractivity (Wildman–Crippen MR) is 125 cm³/mol. The van der Waals surface area contributed by atoms with Gasteiger partial charge in [-0.25, -0.2) is 0 Å². The van der Waals surface area contributed by atoms with Gasteiger partial charge in [-0.2, -0.15) is 5.10 Å². The summed E-state index contributed by atoms with van der Waals surface area (Å²) in [5, 5.41) is 10.8. The van der Waals surface area contributed by atoms with Crippen LogP contribution in [0.25, 0.3) is 6.08 Å². The van der Waals surface area contributed by atoms with E-state index in [2.05, 4.69) is 10.6 Å². The van der Waals surface area contributed by atoms with E-state index in [-0.39, 0.29) is 11.9 Å². The van der Waals surface area contributed by atoms with Crippen molar-refractivity contribution in [2.45, 2.75) is 32.7 Å². The molecule has 2 aliphatic rings. The lowest BCUT2D eigenvalue weighted by atomic mass is 10.1. The largest absolute Gasteiger partial charge is 0.379 e. The number of hydrogen-bond donors (Lipinski definition) is 2. The summed E-state index contributed by atoms with van der Waals surface area (Å²) in [5.41, 5.74) is 4.35. The summed E-state index contributed by atoms with van der Waals surface area (Å²) in [6.07, 6.45) is 6.07. The highest BCUT2D eigenvalue weighted by Gasteiger charge is 2.23. The van der Waals surface area contributed by atoms with Crippen LogP contribution in [0.2, 0.25) is 0 Å². The Bertz CT molecular complexity index is 1020. The minimum absolute atomic E-state index is 0.0372. The smallest absolute Gasteiger partial charge is 0.254 e. The number of anilines is 2. The Hall–Kier alpha value is -3.17. The number of carbonyl (C=O) groups is 2. The summed E-state index contributed by atoms with van der Waals surface area (Å²) in [6, 6.07) is 5.89. The fourth-order valence-electron chi connectivity index (χ4n) is 4.27. The van der Waals surface area contributed by atoms with Gasteiger partial charge in [-0.3, -0.25) is 14.3 Å². The first-order valence-electron chi connectivity index (χ1n) is 11.4. The van der Waals surface area contributed by atoms with Crippen molar-refractivity contribution in [3.63, 3.8) is 0 Å². The molecule has 2 aromatic rings. The van der Waals surface area contributed by atoms with Crippen LogP contribution in [0, 0.1) is 13.8 Å². The van der Waals surface area contributed by atoms with Crippen molar-refractivity contribution in [3.8, 4) is 0 Å². The number of nitrogens with zero attached hydrogens (tertiary/aromatic N) is 3. The summed E-state index contributed by atoms with van der Waals surface area (Å²) in [5.74, 6) is 0.771. The van der Waals surface area contributed by atoms with E-state index in [1.165, 1.54) is 0 Å². The molecule has 0 bridgehead atoms. The van der Waals surface area contributed by atoms with E-state index in [1.54, 1.807) is 6.20 Å². The molecule has 0 radical (unpaired) electrons.